The number of rotatable bonds is 54. The number of hydrogen-bond donors (Lipinski definition) is 16. The Hall–Kier alpha value is -0.710. The van der Waals surface area contributed by atoms with Crippen LogP contribution in [0.1, 0.15) is 34.1 Å². The van der Waals surface area contributed by atoms with Crippen molar-refractivity contribution in [3.05, 3.63) is 0 Å². The van der Waals surface area contributed by atoms with Gasteiger partial charge in [-0.1, -0.05) is 13.8 Å². The van der Waals surface area contributed by atoms with Crippen LogP contribution >= 0.6 is 46.7 Å². The first-order valence-corrected chi connectivity index (χ1v) is 40.8. The summed E-state index contributed by atoms with van der Waals surface area (Å²) >= 11 is 0. The fourth-order valence-corrected chi connectivity index (χ4v) is 13.4. The van der Waals surface area contributed by atoms with Gasteiger partial charge >= 0.3 is 46.7 Å². The van der Waals surface area contributed by atoms with Crippen molar-refractivity contribution in [2.24, 2.45) is 23.2 Å². The van der Waals surface area contributed by atoms with E-state index in [4.69, 9.17) is 111 Å². The van der Waals surface area contributed by atoms with E-state index in [2.05, 4.69) is 5.32 Å². The van der Waals surface area contributed by atoms with Crippen molar-refractivity contribution >= 4 is 52.6 Å². The molecular formula is C50H99NO46P6. The molecule has 0 aliphatic carbocycles. The van der Waals surface area contributed by atoms with Crippen molar-refractivity contribution in [3.63, 3.8) is 0 Å². The maximum Gasteiger partial charge on any atom is 0.474 e. The van der Waals surface area contributed by atoms with Crippen LogP contribution in [0, 0.1) is 23.2 Å². The van der Waals surface area contributed by atoms with Crippen LogP contribution in [0.15, 0.2) is 0 Å². The molecule has 1 amide bonds. The van der Waals surface area contributed by atoms with Crippen LogP contribution in [0.4, 0.5) is 0 Å². The monoisotopic (exact) mass is 1640 g/mol. The molecule has 4 aliphatic rings. The molecule has 14 unspecified atom stereocenters. The normalized spacial score (nSPS) is 33.0. The maximum absolute atomic E-state index is 13.6. The Labute approximate surface area is 590 Å². The maximum atomic E-state index is 13.6. The lowest BCUT2D eigenvalue weighted by Gasteiger charge is -2.42. The Morgan fingerprint density at radius 3 is 1.24 bits per heavy atom. The van der Waals surface area contributed by atoms with Crippen molar-refractivity contribution in [2.45, 2.75) is 132 Å². The van der Waals surface area contributed by atoms with E-state index >= 15 is 0 Å². The fourth-order valence-electron chi connectivity index (χ4n) is 9.70. The number of nitrogens with one attached hydrogen (secondary N) is 1. The third kappa shape index (κ3) is 34.8. The van der Waals surface area contributed by atoms with Crippen LogP contribution in [-0.2, 0) is 144 Å². The smallest absolute Gasteiger partial charge is 0.394 e. The molecule has 0 aromatic heterocycles. The van der Waals surface area contributed by atoms with Gasteiger partial charge in [-0.25, -0.2) is 22.8 Å². The molecule has 0 aromatic carbocycles. The van der Waals surface area contributed by atoms with Crippen molar-refractivity contribution in [3.8, 4) is 0 Å². The topological polar surface area (TPSA) is 656 Å². The number of ether oxygens (including phenoxy) is 13. The van der Waals surface area contributed by atoms with E-state index in [-0.39, 0.29) is 26.2 Å². The molecule has 0 radical (unpaired) electrons. The van der Waals surface area contributed by atoms with E-state index in [9.17, 15) is 108 Å². The van der Waals surface area contributed by atoms with Gasteiger partial charge in [-0.3, -0.25) is 54.6 Å². The molecule has 4 fully saturated rings. The highest BCUT2D eigenvalue weighted by atomic mass is 31.2. The summed E-state index contributed by atoms with van der Waals surface area (Å²) in [6.45, 7) is -10.2. The first-order chi connectivity index (χ1) is 48.2. The van der Waals surface area contributed by atoms with Crippen LogP contribution in [0.5, 0.6) is 0 Å². The Balaban J connectivity index is 1.46. The minimum Gasteiger partial charge on any atom is -0.394 e. The van der Waals surface area contributed by atoms with Crippen LogP contribution in [0.2, 0.25) is 0 Å². The first kappa shape index (κ1) is 94.7. The highest BCUT2D eigenvalue weighted by Gasteiger charge is 2.48. The summed E-state index contributed by atoms with van der Waals surface area (Å²) < 4.78 is 203. The van der Waals surface area contributed by atoms with Crippen LogP contribution in [0.3, 0.4) is 0 Å². The molecule has 0 aromatic rings. The SMILES string of the molecule is COCC(COCOP(=O)(O)OCC(COCOP(=O)(O)OCCO[C@@H]1OC(CO)[C@H](O)[C@H](O)C1C)(COCOP(=O)(O)OCCO[C@@H]1OC(CO)[C@H](O)[C@H](O)C1C)COCOP(=O)(O)OCCO[C@@H]1OC(CO)[C@H](O)[C@H](O)C1NC(C)=O)COCOP(=O)(O)OC1C[C@H](C)O[C@@H]1COP(C)(=O)O. The quantitative estimate of drug-likeness (QED) is 0.0158. The average Bonchev–Trinajstić information content (AvgIpc) is 1.60. The van der Waals surface area contributed by atoms with Crippen molar-refractivity contribution in [1.82, 2.24) is 5.32 Å². The van der Waals surface area contributed by atoms with Crippen molar-refractivity contribution in [2.75, 3.05) is 160 Å². The van der Waals surface area contributed by atoms with Crippen LogP contribution in [-0.4, -0.2) is 339 Å². The summed E-state index contributed by atoms with van der Waals surface area (Å²) in [5, 5.41) is 92.8. The third-order valence-electron chi connectivity index (χ3n) is 15.0. The molecule has 0 bridgehead atoms. The number of methoxy groups -OCH3 is 1. The Bertz CT molecular complexity index is 2660. The average molecular weight is 1640 g/mol. The van der Waals surface area contributed by atoms with Crippen LogP contribution < -0.4 is 5.32 Å². The van der Waals surface area contributed by atoms with Gasteiger partial charge in [0, 0.05) is 44.9 Å². The lowest BCUT2D eigenvalue weighted by atomic mass is 9.92. The molecule has 4 heterocycles. The molecule has 53 heteroatoms. The van der Waals surface area contributed by atoms with Gasteiger partial charge in [0.05, 0.1) is 136 Å². The predicted octanol–water partition coefficient (Wildman–Crippen LogP) is -3.70. The summed E-state index contributed by atoms with van der Waals surface area (Å²) in [5.41, 5.74) is -2.15. The second-order valence-electron chi connectivity index (χ2n) is 23.6. The van der Waals surface area contributed by atoms with Crippen molar-refractivity contribution in [1.29, 1.82) is 0 Å². The van der Waals surface area contributed by atoms with Gasteiger partial charge in [0.25, 0.3) is 0 Å². The summed E-state index contributed by atoms with van der Waals surface area (Å²) in [7, 11) is -28.3. The van der Waals surface area contributed by atoms with E-state index in [0.29, 0.717) is 0 Å². The summed E-state index contributed by atoms with van der Waals surface area (Å²) in [6.07, 6.45) is -19.4. The second-order valence-corrected chi connectivity index (χ2v) is 32.7. The third-order valence-corrected chi connectivity index (χ3v) is 20.3. The lowest BCUT2D eigenvalue weighted by Crippen LogP contribution is -2.64. The molecule has 0 saturated carbocycles. The van der Waals surface area contributed by atoms with E-state index in [1.54, 1.807) is 6.92 Å². The fraction of sp³-hybridized carbons (Fsp3) is 0.980. The molecule has 0 spiro atoms. The van der Waals surface area contributed by atoms with Gasteiger partial charge in [0.1, 0.15) is 61.0 Å². The molecule has 103 heavy (non-hydrogen) atoms. The minimum absolute atomic E-state index is 0.0949. The number of carbonyl (C=O) groups excluding carboxylic acids is 1. The summed E-state index contributed by atoms with van der Waals surface area (Å²) in [5.74, 6) is -3.14. The zero-order chi connectivity index (χ0) is 77.0. The van der Waals surface area contributed by atoms with E-state index in [1.165, 1.54) is 21.0 Å². The minimum atomic E-state index is -5.37. The first-order valence-electron chi connectivity index (χ1n) is 31.3. The van der Waals surface area contributed by atoms with Gasteiger partial charge in [-0.05, 0) is 6.92 Å². The molecule has 4 aliphatic heterocycles. The van der Waals surface area contributed by atoms with E-state index in [0.717, 1.165) is 13.6 Å². The molecule has 4 rings (SSSR count). The standard InChI is InChI=1S/C50H99NO46P6/c1-30-13-35(39(93-30)20-86-98(6,62)63)97-103(72,73)92-26-76-19-34(17-74-5)18-75-25-88-102(70,71)87-24-50(21-77-27-89-99(64,65)83-10-7-80-47-31(2)41(56)43(58)36(14-52)94-47,22-78-28-90-100(66,67)84-11-8-81-48-32(3)42(57)44(59)37(15-53)95-48)23-79-29-91-101(68,69)85-12-9-82-49-40(51-33(4)55)46(61)45(60)38(16-54)96-49/h30-32,34-49,52-54,56-61H,7-29H2,1-6H3,(H,51,55)(H,62,63)(H,64,65)(H,66,67)(H,68,69)(H,70,71)(H,72,73)/t30-,31?,32?,34?,35?,36?,37?,38?,39+,40?,41+,42+,43-,44-,45-,46+,47+,48+,49+,50?/m0/s1. The number of hydrogen-bond acceptors (Lipinski definition) is 40. The molecular weight excluding hydrogens is 1540 g/mol. The number of phosphoric acid groups is 5. The van der Waals surface area contributed by atoms with E-state index in [1.807, 2.05) is 0 Å². The van der Waals surface area contributed by atoms with Crippen molar-refractivity contribution < 1.29 is 219 Å². The number of carbonyl (C=O) groups is 1. The highest BCUT2D eigenvalue weighted by molar-refractivity contribution is 7.52. The summed E-state index contributed by atoms with van der Waals surface area (Å²) in [4.78, 5) is 74.3. The van der Waals surface area contributed by atoms with Gasteiger partial charge in [-0.2, -0.15) is 0 Å². The van der Waals surface area contributed by atoms with Crippen LogP contribution in [0.25, 0.3) is 0 Å². The molecule has 16 N–H and O–H groups in total. The molecule has 25 atom stereocenters. The summed E-state index contributed by atoms with van der Waals surface area (Å²) in [6, 6.07) is -1.40. The Kier molecular flexibility index (Phi) is 42.0. The zero-order valence-electron chi connectivity index (χ0n) is 56.8. The highest BCUT2D eigenvalue weighted by Crippen LogP contribution is 2.50. The second kappa shape index (κ2) is 45.7. The lowest BCUT2D eigenvalue weighted by molar-refractivity contribution is -0.283. The molecule has 610 valence electrons. The Morgan fingerprint density at radius 2 is 0.845 bits per heavy atom. The van der Waals surface area contributed by atoms with Gasteiger partial charge < -0.3 is 147 Å². The largest absolute Gasteiger partial charge is 0.474 e. The van der Waals surface area contributed by atoms with E-state index < -0.39 is 300 Å². The number of aliphatic hydroxyl groups is 9. The Morgan fingerprint density at radius 1 is 0.466 bits per heavy atom. The van der Waals surface area contributed by atoms with Gasteiger partial charge in [-0.15, -0.1) is 0 Å². The molecule has 47 nitrogen and oxygen atoms in total. The number of phosphoric ester groups is 5. The number of amides is 1. The number of aliphatic hydroxyl groups excluding tert-OH is 9. The zero-order valence-corrected chi connectivity index (χ0v) is 62.1. The predicted molar refractivity (Wildman–Crippen MR) is 333 cm³/mol. The van der Waals surface area contributed by atoms with Gasteiger partial charge in [0.15, 0.2) is 52.8 Å². The van der Waals surface area contributed by atoms with Gasteiger partial charge in [0.2, 0.25) is 5.91 Å². The molecule has 4 saturated heterocycles.